The fourth-order valence-electron chi connectivity index (χ4n) is 3.94. The van der Waals surface area contributed by atoms with Crippen molar-refractivity contribution in [1.82, 2.24) is 9.38 Å². The number of rotatable bonds is 7. The Balaban J connectivity index is 1.55. The van der Waals surface area contributed by atoms with Crippen LogP contribution in [0.15, 0.2) is 72.0 Å². The van der Waals surface area contributed by atoms with E-state index in [1.165, 1.54) is 11.3 Å². The second-order valence-corrected chi connectivity index (χ2v) is 9.70. The van der Waals surface area contributed by atoms with E-state index < -0.39 is 0 Å². The van der Waals surface area contributed by atoms with E-state index in [-0.39, 0.29) is 5.56 Å². The second-order valence-electron chi connectivity index (χ2n) is 7.88. The Morgan fingerprint density at radius 2 is 1.94 bits per heavy atom. The molecule has 2 heterocycles. The van der Waals surface area contributed by atoms with E-state index in [2.05, 4.69) is 11.6 Å². The molecule has 0 saturated heterocycles. The molecule has 0 aliphatic heterocycles. The van der Waals surface area contributed by atoms with Crippen LogP contribution in [0.2, 0.25) is 10.0 Å². The van der Waals surface area contributed by atoms with Gasteiger partial charge in [0.15, 0.2) is 16.5 Å². The van der Waals surface area contributed by atoms with Gasteiger partial charge < -0.3 is 9.47 Å². The molecule has 5 nitrogen and oxygen atoms in total. The number of hydrogen-bond acceptors (Lipinski definition) is 5. The maximum Gasteiger partial charge on any atom is 0.274 e. The third kappa shape index (κ3) is 4.52. The van der Waals surface area contributed by atoms with Crippen molar-refractivity contribution >= 4 is 56.6 Å². The first-order chi connectivity index (χ1) is 17.0. The number of hydrogen-bond donors (Lipinski definition) is 0. The van der Waals surface area contributed by atoms with Crippen molar-refractivity contribution in [2.45, 2.75) is 13.0 Å². The van der Waals surface area contributed by atoms with Gasteiger partial charge in [-0.25, -0.2) is 9.38 Å². The number of allylic oxidation sites excluding steroid dienone is 1. The Bertz CT molecular complexity index is 1690. The molecule has 0 radical (unpaired) electrons. The summed E-state index contributed by atoms with van der Waals surface area (Å²) in [4.78, 5) is 18.4. The van der Waals surface area contributed by atoms with Crippen molar-refractivity contribution in [2.75, 3.05) is 7.11 Å². The van der Waals surface area contributed by atoms with Crippen molar-refractivity contribution in [1.29, 1.82) is 0 Å². The molecule has 0 aliphatic rings. The van der Waals surface area contributed by atoms with Gasteiger partial charge in [0.1, 0.15) is 6.61 Å². The van der Waals surface area contributed by atoms with Crippen molar-refractivity contribution in [3.63, 3.8) is 0 Å². The SMILES string of the molecule is C=CCc1cc(C=c2sc3nc4ccccc4n3c2=O)cc(OC)c1OCc1ccc(Cl)c(Cl)c1. The molecule has 176 valence electrons. The number of benzene rings is 3. The molecule has 35 heavy (non-hydrogen) atoms. The molecule has 0 N–H and O–H groups in total. The first kappa shape index (κ1) is 23.4. The zero-order chi connectivity index (χ0) is 24.5. The zero-order valence-corrected chi connectivity index (χ0v) is 21.1. The van der Waals surface area contributed by atoms with Crippen LogP contribution in [0.5, 0.6) is 11.5 Å². The summed E-state index contributed by atoms with van der Waals surface area (Å²) in [6, 6.07) is 16.8. The molecule has 0 unspecified atom stereocenters. The fourth-order valence-corrected chi connectivity index (χ4v) is 5.25. The lowest BCUT2D eigenvalue weighted by atomic mass is 10.1. The number of methoxy groups -OCH3 is 1. The van der Waals surface area contributed by atoms with Crippen LogP contribution in [-0.2, 0) is 13.0 Å². The van der Waals surface area contributed by atoms with E-state index in [0.29, 0.717) is 44.1 Å². The van der Waals surface area contributed by atoms with Gasteiger partial charge in [-0.2, -0.15) is 0 Å². The smallest absolute Gasteiger partial charge is 0.274 e. The first-order valence-corrected chi connectivity index (χ1v) is 12.4. The topological polar surface area (TPSA) is 52.8 Å². The number of nitrogens with zero attached hydrogens (tertiary/aromatic N) is 2. The number of aromatic nitrogens is 2. The molecule has 5 aromatic rings. The summed E-state index contributed by atoms with van der Waals surface area (Å²) >= 11 is 13.5. The summed E-state index contributed by atoms with van der Waals surface area (Å²) in [5, 5.41) is 0.964. The average Bonchev–Trinajstić information content (AvgIpc) is 3.36. The monoisotopic (exact) mass is 522 g/mol. The van der Waals surface area contributed by atoms with E-state index in [1.54, 1.807) is 29.7 Å². The molecule has 3 aromatic carbocycles. The van der Waals surface area contributed by atoms with E-state index in [1.807, 2.05) is 48.5 Å². The lowest BCUT2D eigenvalue weighted by Crippen LogP contribution is -2.22. The van der Waals surface area contributed by atoms with E-state index >= 15 is 0 Å². The summed E-state index contributed by atoms with van der Waals surface area (Å²) in [6.45, 7) is 4.16. The minimum atomic E-state index is -0.0946. The molecule has 0 amide bonds. The highest BCUT2D eigenvalue weighted by Crippen LogP contribution is 2.35. The zero-order valence-electron chi connectivity index (χ0n) is 18.8. The summed E-state index contributed by atoms with van der Waals surface area (Å²) in [6.07, 6.45) is 4.22. The van der Waals surface area contributed by atoms with Crippen molar-refractivity contribution in [2.24, 2.45) is 0 Å². The highest BCUT2D eigenvalue weighted by molar-refractivity contribution is 7.15. The van der Waals surface area contributed by atoms with Crippen LogP contribution in [0.1, 0.15) is 16.7 Å². The van der Waals surface area contributed by atoms with Crippen LogP contribution in [0.25, 0.3) is 22.1 Å². The second kappa shape index (κ2) is 9.74. The lowest BCUT2D eigenvalue weighted by Gasteiger charge is -2.16. The van der Waals surface area contributed by atoms with E-state index in [0.717, 1.165) is 27.7 Å². The van der Waals surface area contributed by atoms with Gasteiger partial charge in [0.05, 0.1) is 32.7 Å². The maximum absolute atomic E-state index is 13.2. The Labute approximate surface area is 215 Å². The molecular formula is C27H20Cl2N2O3S. The molecule has 0 spiro atoms. The third-order valence-electron chi connectivity index (χ3n) is 5.55. The maximum atomic E-state index is 13.2. The van der Waals surface area contributed by atoms with Crippen molar-refractivity contribution in [3.05, 3.63) is 109 Å². The highest BCUT2D eigenvalue weighted by atomic mass is 35.5. The van der Waals surface area contributed by atoms with Crippen LogP contribution in [0.4, 0.5) is 0 Å². The van der Waals surface area contributed by atoms with Crippen LogP contribution >= 0.6 is 34.5 Å². The molecule has 0 atom stereocenters. The number of para-hydroxylation sites is 2. The minimum Gasteiger partial charge on any atom is -0.493 e. The Morgan fingerprint density at radius 1 is 1.11 bits per heavy atom. The number of thiazole rings is 1. The van der Waals surface area contributed by atoms with Gasteiger partial charge in [-0.15, -0.1) is 6.58 Å². The molecule has 0 saturated carbocycles. The summed E-state index contributed by atoms with van der Waals surface area (Å²) < 4.78 is 14.0. The Morgan fingerprint density at radius 3 is 2.71 bits per heavy atom. The normalized spacial score (nSPS) is 11.9. The minimum absolute atomic E-state index is 0.0946. The number of ether oxygens (including phenoxy) is 2. The van der Waals surface area contributed by atoms with E-state index in [9.17, 15) is 4.79 Å². The highest BCUT2D eigenvalue weighted by Gasteiger charge is 2.15. The Kier molecular flexibility index (Phi) is 6.52. The lowest BCUT2D eigenvalue weighted by molar-refractivity contribution is 0.282. The molecule has 2 aromatic heterocycles. The van der Waals surface area contributed by atoms with Gasteiger partial charge in [0.25, 0.3) is 5.56 Å². The van der Waals surface area contributed by atoms with Gasteiger partial charge in [0, 0.05) is 5.56 Å². The van der Waals surface area contributed by atoms with Crippen LogP contribution in [0.3, 0.4) is 0 Å². The quantitative estimate of drug-likeness (QED) is 0.243. The predicted molar refractivity (Wildman–Crippen MR) is 143 cm³/mol. The van der Waals surface area contributed by atoms with Gasteiger partial charge in [-0.1, -0.05) is 58.8 Å². The van der Waals surface area contributed by atoms with Gasteiger partial charge >= 0.3 is 0 Å². The largest absolute Gasteiger partial charge is 0.493 e. The molecule has 0 aliphatic carbocycles. The van der Waals surface area contributed by atoms with Gasteiger partial charge in [-0.3, -0.25) is 4.79 Å². The molecule has 8 heteroatoms. The van der Waals surface area contributed by atoms with Crippen LogP contribution in [-0.4, -0.2) is 16.5 Å². The van der Waals surface area contributed by atoms with Crippen LogP contribution < -0.4 is 19.6 Å². The van der Waals surface area contributed by atoms with E-state index in [4.69, 9.17) is 32.7 Å². The van der Waals surface area contributed by atoms with Crippen molar-refractivity contribution in [3.8, 4) is 11.5 Å². The number of halogens is 2. The first-order valence-electron chi connectivity index (χ1n) is 10.8. The predicted octanol–water partition coefficient (Wildman–Crippen LogP) is 6.08. The standard InChI is InChI=1S/C27H20Cl2N2O3S/c1-3-6-18-11-17(13-23(33-2)25(18)34-15-16-9-10-19(28)20(29)12-16)14-24-26(32)31-22-8-5-4-7-21(22)30-27(31)35-24/h3-5,7-14H,1,6,15H2,2H3. The molecule has 0 bridgehead atoms. The van der Waals surface area contributed by atoms with Crippen molar-refractivity contribution < 1.29 is 9.47 Å². The summed E-state index contributed by atoms with van der Waals surface area (Å²) in [5.41, 5.74) is 4.12. The average molecular weight is 523 g/mol. The Hall–Kier alpha value is -3.32. The molecular weight excluding hydrogens is 503 g/mol. The fraction of sp³-hybridized carbons (Fsp3) is 0.111. The van der Waals surface area contributed by atoms with Crippen LogP contribution in [0, 0.1) is 0 Å². The van der Waals surface area contributed by atoms with Gasteiger partial charge in [0.2, 0.25) is 0 Å². The number of fused-ring (bicyclic) bond motifs is 3. The van der Waals surface area contributed by atoms with Gasteiger partial charge in [-0.05, 0) is 60.0 Å². The summed E-state index contributed by atoms with van der Waals surface area (Å²) in [5.74, 6) is 1.18. The summed E-state index contributed by atoms with van der Waals surface area (Å²) in [7, 11) is 1.59. The third-order valence-corrected chi connectivity index (χ3v) is 7.26. The number of imidazole rings is 1. The molecule has 0 fully saturated rings. The molecule has 5 rings (SSSR count).